The van der Waals surface area contributed by atoms with Crippen molar-refractivity contribution in [1.29, 1.82) is 0 Å². The molecule has 22 rings (SSSR count). The van der Waals surface area contributed by atoms with Crippen molar-refractivity contribution in [1.82, 2.24) is 19.9 Å². The van der Waals surface area contributed by atoms with Gasteiger partial charge >= 0.3 is 0 Å². The summed E-state index contributed by atoms with van der Waals surface area (Å²) in [6, 6.07) is 0. The number of rotatable bonds is 2. The maximum atomic E-state index is 12.4. The molecule has 11 nitrogen and oxygen atoms in total. The lowest BCUT2D eigenvalue weighted by Gasteiger charge is -2.57. The molecule has 12 saturated carbocycles. The first-order valence-corrected chi connectivity index (χ1v) is 48.0. The monoisotopic (exact) mass is 1580 g/mol. The number of aliphatic hydroxyl groups is 4. The second-order valence-electron chi connectivity index (χ2n) is 45.6. The molecule has 0 radical (unpaired) electrons. The minimum Gasteiger partial charge on any atom is -0.393 e. The van der Waals surface area contributed by atoms with E-state index >= 15 is 0 Å². The van der Waals surface area contributed by atoms with Gasteiger partial charge in [-0.2, -0.15) is 5.10 Å². The summed E-state index contributed by atoms with van der Waals surface area (Å²) >= 11 is 0. The Morgan fingerprint density at radius 1 is 0.353 bits per heavy atom. The fourth-order valence-electron chi connectivity index (χ4n) is 33.8. The predicted octanol–water partition coefficient (Wildman–Crippen LogP) is 23.2. The smallest absolute Gasteiger partial charge is 0.139 e. The highest BCUT2D eigenvalue weighted by atomic mass is 16.3. The van der Waals surface area contributed by atoms with E-state index in [0.29, 0.717) is 55.5 Å². The van der Waals surface area contributed by atoms with Crippen molar-refractivity contribution < 1.29 is 25.2 Å². The number of hydrogen-bond donors (Lipinski definition) is 5. The van der Waals surface area contributed by atoms with E-state index in [9.17, 15) is 25.2 Å². The van der Waals surface area contributed by atoms with Gasteiger partial charge < -0.3 is 26.3 Å². The van der Waals surface area contributed by atoms with Crippen molar-refractivity contribution in [2.45, 2.75) is 345 Å². The van der Waals surface area contributed by atoms with E-state index in [1.165, 1.54) is 169 Å². The van der Waals surface area contributed by atoms with Crippen LogP contribution in [0.3, 0.4) is 0 Å². The van der Waals surface area contributed by atoms with Crippen LogP contribution in [0.15, 0.2) is 124 Å². The number of hydrogen-bond acceptors (Lipinski definition) is 11. The normalized spacial score (nSPS) is 48.9. The number of allylic oxidation sites excluding steroid dienone is 12. The molecule has 20 aliphatic rings. The highest BCUT2D eigenvalue weighted by Crippen LogP contribution is 2.72. The average Bonchev–Trinajstić information content (AvgIpc) is 1.44. The average molecular weight is 1580 g/mol. The number of fused-ring (bicyclic) bond motifs is 25. The van der Waals surface area contributed by atoms with Gasteiger partial charge in [-0.1, -0.05) is 158 Å². The van der Waals surface area contributed by atoms with Gasteiger partial charge in [-0.25, -0.2) is 9.97 Å². The van der Waals surface area contributed by atoms with Crippen LogP contribution >= 0.6 is 0 Å². The van der Waals surface area contributed by atoms with Crippen molar-refractivity contribution in [2.24, 2.45) is 160 Å². The van der Waals surface area contributed by atoms with Crippen LogP contribution in [0.5, 0.6) is 0 Å². The molecule has 116 heavy (non-hydrogen) atoms. The SMILES string of the molecule is CC1=CCC2C3CC=C4C[C@@H](O)CC[C@]4(C)C3CC[C@]12C.C[C@H]1CC[C@@]2(C)C(=CCC3C2CC[C@]2(C)C(c4cnccn4)=CCC32)C1.C[C@]12CC[C@H](O)CC1=CCC1C2CC[C@]2(C)/C(=N\N)CCC12.C[C@]12CC[C@H](O)CC1=CCC1C2CC[C@]2(C)C(=O)CCC12.C[C@]12CC[C@H](O)CC1=CCC1C2CC[C@]2(C)C(c3cncnc3)=CCC12. The minimum atomic E-state index is -0.122. The largest absolute Gasteiger partial charge is 0.393 e. The lowest BCUT2D eigenvalue weighted by molar-refractivity contribution is -0.132. The Balaban J connectivity index is 0.000000101. The van der Waals surface area contributed by atoms with E-state index in [-0.39, 0.29) is 40.7 Å². The topological polar surface area (TPSA) is 188 Å². The third kappa shape index (κ3) is 13.2. The van der Waals surface area contributed by atoms with E-state index < -0.39 is 0 Å². The molecule has 2 heterocycles. The minimum absolute atomic E-state index is 0.0168. The van der Waals surface area contributed by atoms with Gasteiger partial charge in [0.2, 0.25) is 0 Å². The van der Waals surface area contributed by atoms with Crippen LogP contribution in [0, 0.1) is 149 Å². The predicted molar refractivity (Wildman–Crippen MR) is 468 cm³/mol. The van der Waals surface area contributed by atoms with Gasteiger partial charge in [-0.15, -0.1) is 0 Å². The van der Waals surface area contributed by atoms with Gasteiger partial charge in [0.15, 0.2) is 0 Å². The Labute approximate surface area is 699 Å². The number of aromatic nitrogens is 4. The molecule has 11 heteroatoms. The standard InChI is InChI=1S/C24H32N2.C23H30N2O.C20H30O.C19H30N2O.C19H28O2/c1-16-8-10-23(2)17(14-16)4-5-18-19-6-7-21(22-15-25-12-13-26-22)24(19,3)11-9-20(18)23;1-22-9-7-17(26)11-16(22)3-4-18-20-6-5-19(15-12-24-14-25-13-15)23(20,2)10-8-21(18)22;1-13-4-7-17-16-6-5-14-12-15(21)8-10-20(14,3)18(16)9-11-19(13,17)2;1-18-9-7-13(22)11-12(18)3-4-14-15-5-6-17(21-20)19(15,2)10-8-16(14)18;1-18-9-7-13(20)11-12(18)3-4-14-15-5-6-17(21)19(15,2)10-8-16(14)18/h4,7,12-13,15-16,18-20H,5-6,8-11,14H2,1-3H3;3,5,12-14,17-18,20-21,26H,4,6-11H2,1-2H3;4-5,15-18,21H,6-12H2,1-3H3;3,13-16,22H,4-11,20H2,1-2H3;3,13-16,20H,4-11H2,1-2H3/b;;;21-17-;/t16-,18?,19?,20?,23-,24-;17-,18?,20?,21?,22-,23+;15-,16?,17?,18?,19+,20-;2*13-,14?,15?,16?,18-,19-/m00000/s1. The second-order valence-corrected chi connectivity index (χ2v) is 45.6. The van der Waals surface area contributed by atoms with E-state index in [0.717, 1.165) is 185 Å². The van der Waals surface area contributed by atoms with Crippen LogP contribution in [0.2, 0.25) is 0 Å². The quantitative estimate of drug-likeness (QED) is 0.110. The Hall–Kier alpha value is -4.94. The zero-order valence-electron chi connectivity index (χ0n) is 73.8. The number of carbonyl (C=O) groups is 1. The summed E-state index contributed by atoms with van der Waals surface area (Å²) in [4.78, 5) is 29.9. The van der Waals surface area contributed by atoms with Gasteiger partial charge in [0.1, 0.15) is 12.1 Å². The molecule has 30 atom stereocenters. The number of aliphatic hydroxyl groups excluding tert-OH is 4. The number of carbonyl (C=O) groups excluding carboxylic acids is 1. The molecule has 15 unspecified atom stereocenters. The van der Waals surface area contributed by atoms with Crippen LogP contribution in [0.4, 0.5) is 0 Å². The van der Waals surface area contributed by atoms with Crippen LogP contribution < -0.4 is 5.84 Å². The third-order valence-corrected chi connectivity index (χ3v) is 41.1. The van der Waals surface area contributed by atoms with E-state index in [1.807, 2.05) is 24.8 Å². The van der Waals surface area contributed by atoms with Gasteiger partial charge in [-0.05, 0) is 387 Å². The third-order valence-electron chi connectivity index (χ3n) is 41.1. The Morgan fingerprint density at radius 2 is 0.707 bits per heavy atom. The molecule has 12 fully saturated rings. The summed E-state index contributed by atoms with van der Waals surface area (Å²) in [5, 5.41) is 44.4. The molecule has 0 spiro atoms. The zero-order valence-corrected chi connectivity index (χ0v) is 73.8. The molecule has 2 aromatic rings. The molecular formula is C105H150N6O5. The maximum Gasteiger partial charge on any atom is 0.139 e. The molecule has 630 valence electrons. The van der Waals surface area contributed by atoms with Crippen molar-refractivity contribution in [3.05, 3.63) is 131 Å². The van der Waals surface area contributed by atoms with Gasteiger partial charge in [0.05, 0.1) is 36.3 Å². The molecular weight excluding hydrogens is 1430 g/mol. The summed E-state index contributed by atoms with van der Waals surface area (Å²) in [7, 11) is 0. The first kappa shape index (κ1) is 82.0. The van der Waals surface area contributed by atoms with Crippen molar-refractivity contribution >= 4 is 22.6 Å². The summed E-state index contributed by atoms with van der Waals surface area (Å²) in [6.45, 7) is 29.6. The lowest BCUT2D eigenvalue weighted by atomic mass is 9.47. The Bertz CT molecular complexity index is 4220. The first-order valence-electron chi connectivity index (χ1n) is 48.0. The molecule has 0 bridgehead atoms. The number of hydrazone groups is 1. The number of nitrogens with zero attached hydrogens (tertiary/aromatic N) is 5. The molecule has 0 aliphatic heterocycles. The highest BCUT2D eigenvalue weighted by molar-refractivity contribution is 5.92. The van der Waals surface area contributed by atoms with Gasteiger partial charge in [0, 0.05) is 53.3 Å². The zero-order chi connectivity index (χ0) is 81.1. The lowest BCUT2D eigenvalue weighted by Crippen LogP contribution is -2.50. The number of Topliss-reactive ketones (excluding diaryl/α,β-unsaturated/α-hetero) is 1. The van der Waals surface area contributed by atoms with Crippen molar-refractivity contribution in [2.75, 3.05) is 0 Å². The molecule has 20 aliphatic carbocycles. The molecule has 6 N–H and O–H groups in total. The summed E-state index contributed by atoms with van der Waals surface area (Å²) in [6.07, 6.45) is 74.5. The second kappa shape index (κ2) is 30.5. The van der Waals surface area contributed by atoms with E-state index in [2.05, 4.69) is 157 Å². The summed E-state index contributed by atoms with van der Waals surface area (Å²) in [5.74, 6) is 19.0. The van der Waals surface area contributed by atoms with E-state index in [4.69, 9.17) is 5.84 Å². The number of nitrogens with two attached hydrogens (primary N) is 1. The fourth-order valence-corrected chi connectivity index (χ4v) is 33.8. The number of ketones is 1. The first-order chi connectivity index (χ1) is 55.4. The molecule has 0 aromatic carbocycles. The molecule has 2 aromatic heterocycles. The van der Waals surface area contributed by atoms with Crippen LogP contribution in [-0.4, -0.2) is 76.3 Å². The Morgan fingerprint density at radius 3 is 1.16 bits per heavy atom. The molecule has 0 amide bonds. The van der Waals surface area contributed by atoms with Crippen LogP contribution in [-0.2, 0) is 4.79 Å². The van der Waals surface area contributed by atoms with Crippen molar-refractivity contribution in [3.8, 4) is 0 Å². The highest BCUT2D eigenvalue weighted by Gasteiger charge is 2.64. The van der Waals surface area contributed by atoms with Gasteiger partial charge in [0.25, 0.3) is 0 Å². The fraction of sp³-hybridized carbons (Fsp3) is 0.752. The van der Waals surface area contributed by atoms with Crippen LogP contribution in [0.25, 0.3) is 11.1 Å². The summed E-state index contributed by atoms with van der Waals surface area (Å²) < 4.78 is 0. The summed E-state index contributed by atoms with van der Waals surface area (Å²) in [5.41, 5.74) is 19.4. The van der Waals surface area contributed by atoms with Crippen molar-refractivity contribution in [3.63, 3.8) is 0 Å². The van der Waals surface area contributed by atoms with Gasteiger partial charge in [-0.3, -0.25) is 14.8 Å². The Kier molecular flexibility index (Phi) is 21.6. The maximum absolute atomic E-state index is 12.4. The van der Waals surface area contributed by atoms with Crippen LogP contribution in [0.1, 0.15) is 332 Å². The molecule has 0 saturated heterocycles. The van der Waals surface area contributed by atoms with E-state index in [1.54, 1.807) is 40.4 Å².